The van der Waals surface area contributed by atoms with Crippen molar-refractivity contribution in [2.75, 3.05) is 6.61 Å². The molecule has 1 N–H and O–H groups in total. The molecule has 1 aliphatic rings. The number of ether oxygens (including phenoxy) is 1. The summed E-state index contributed by atoms with van der Waals surface area (Å²) < 4.78 is 7.03. The van der Waals surface area contributed by atoms with Gasteiger partial charge in [0.2, 0.25) is 0 Å². The van der Waals surface area contributed by atoms with Crippen molar-refractivity contribution in [3.05, 3.63) is 50.7 Å². The molecule has 0 aliphatic heterocycles. The van der Waals surface area contributed by atoms with Crippen LogP contribution in [0, 0.1) is 0 Å². The zero-order chi connectivity index (χ0) is 21.0. The number of esters is 1. The highest BCUT2D eigenvalue weighted by Gasteiger charge is 2.43. The van der Waals surface area contributed by atoms with Crippen molar-refractivity contribution >= 4 is 34.9 Å². The first-order chi connectivity index (χ1) is 13.9. The van der Waals surface area contributed by atoms with Crippen LogP contribution < -0.4 is 0 Å². The highest BCUT2D eigenvalue weighted by molar-refractivity contribution is 7.12. The maximum absolute atomic E-state index is 12.7. The number of rotatable bonds is 9. The number of hydrogen-bond acceptors (Lipinski definition) is 5. The summed E-state index contributed by atoms with van der Waals surface area (Å²) >= 11 is 7.63. The van der Waals surface area contributed by atoms with Crippen LogP contribution >= 0.6 is 22.9 Å². The number of nitrogens with zero attached hydrogens (tertiary/aromatic N) is 2. The molecule has 0 spiro atoms. The Morgan fingerprint density at radius 2 is 2.03 bits per heavy atom. The summed E-state index contributed by atoms with van der Waals surface area (Å²) in [5.41, 5.74) is -0.665. The number of thiophene rings is 1. The van der Waals surface area contributed by atoms with Gasteiger partial charge >= 0.3 is 11.9 Å². The van der Waals surface area contributed by atoms with Gasteiger partial charge in [-0.1, -0.05) is 37.1 Å². The summed E-state index contributed by atoms with van der Waals surface area (Å²) in [5.74, 6) is -0.629. The fourth-order valence-corrected chi connectivity index (χ4v) is 5.11. The molecule has 8 heteroatoms. The van der Waals surface area contributed by atoms with Crippen molar-refractivity contribution in [3.63, 3.8) is 0 Å². The second-order valence-electron chi connectivity index (χ2n) is 7.11. The van der Waals surface area contributed by atoms with E-state index in [9.17, 15) is 14.7 Å². The van der Waals surface area contributed by atoms with Crippen molar-refractivity contribution in [2.45, 2.75) is 57.9 Å². The van der Waals surface area contributed by atoms with Gasteiger partial charge in [0.15, 0.2) is 10.8 Å². The molecule has 2 heterocycles. The summed E-state index contributed by atoms with van der Waals surface area (Å²) in [6.07, 6.45) is 7.80. The molecule has 0 unspecified atom stereocenters. The van der Waals surface area contributed by atoms with Gasteiger partial charge in [0.05, 0.1) is 13.2 Å². The van der Waals surface area contributed by atoms with Crippen LogP contribution in [0.15, 0.2) is 24.3 Å². The largest absolute Gasteiger partial charge is 0.476 e. The minimum absolute atomic E-state index is 0.00959. The third-order valence-electron chi connectivity index (χ3n) is 5.17. The van der Waals surface area contributed by atoms with Crippen molar-refractivity contribution in [2.24, 2.45) is 0 Å². The molecular formula is C21H25ClN2O4S. The topological polar surface area (TPSA) is 81.4 Å². The minimum atomic E-state index is -1.09. The molecular weight excluding hydrogens is 412 g/mol. The Labute approximate surface area is 179 Å². The van der Waals surface area contributed by atoms with Crippen molar-refractivity contribution < 1.29 is 19.4 Å². The van der Waals surface area contributed by atoms with E-state index in [1.807, 2.05) is 31.2 Å². The molecule has 0 fully saturated rings. The number of aromatic nitrogens is 2. The number of allylic oxidation sites excluding steroid dienone is 2. The number of aryl methyl sites for hydroxylation is 1. The van der Waals surface area contributed by atoms with E-state index in [0.717, 1.165) is 22.6 Å². The van der Waals surface area contributed by atoms with Gasteiger partial charge in [0, 0.05) is 16.2 Å². The third-order valence-corrected chi connectivity index (χ3v) is 6.71. The third kappa shape index (κ3) is 4.26. The Hall–Kier alpha value is -2.12. The van der Waals surface area contributed by atoms with E-state index in [4.69, 9.17) is 16.3 Å². The molecule has 1 aliphatic carbocycles. The standard InChI is InChI=1S/C21H25ClN2O4S/c1-3-5-8-16-23-18(22)17(19(25)26)24(16)13-14-9-10-15(29-14)21(11-6-7-12-21)20(27)28-4-2/h6-7,9-10H,3-5,8,11-13H2,1-2H3,(H,25,26). The van der Waals surface area contributed by atoms with E-state index in [0.29, 0.717) is 38.2 Å². The predicted octanol–water partition coefficient (Wildman–Crippen LogP) is 4.84. The van der Waals surface area contributed by atoms with E-state index in [-0.39, 0.29) is 16.8 Å². The summed E-state index contributed by atoms with van der Waals surface area (Å²) in [6, 6.07) is 3.90. The lowest BCUT2D eigenvalue weighted by molar-refractivity contribution is -0.149. The number of halogens is 1. The van der Waals surface area contributed by atoms with Gasteiger partial charge in [-0.15, -0.1) is 11.3 Å². The molecule has 3 rings (SSSR count). The number of carboxylic acid groups (broad SMARTS) is 1. The molecule has 156 valence electrons. The van der Waals surface area contributed by atoms with Crippen LogP contribution in [0.1, 0.15) is 65.6 Å². The molecule has 0 saturated carbocycles. The fraction of sp³-hybridized carbons (Fsp3) is 0.476. The average Bonchev–Trinajstić information content (AvgIpc) is 3.40. The zero-order valence-corrected chi connectivity index (χ0v) is 18.2. The Bertz CT molecular complexity index is 923. The highest BCUT2D eigenvalue weighted by atomic mass is 35.5. The number of carboxylic acids is 1. The van der Waals surface area contributed by atoms with Gasteiger partial charge in [0.25, 0.3) is 0 Å². The number of imidazole rings is 1. The smallest absolute Gasteiger partial charge is 0.355 e. The second-order valence-corrected chi connectivity index (χ2v) is 8.64. The van der Waals surface area contributed by atoms with Gasteiger partial charge in [-0.05, 0) is 38.3 Å². The Kier molecular flexibility index (Phi) is 6.80. The van der Waals surface area contributed by atoms with Crippen molar-refractivity contribution in [3.8, 4) is 0 Å². The first-order valence-corrected chi connectivity index (χ1v) is 11.0. The Morgan fingerprint density at radius 1 is 1.31 bits per heavy atom. The molecule has 6 nitrogen and oxygen atoms in total. The number of carbonyl (C=O) groups is 2. The van der Waals surface area contributed by atoms with E-state index < -0.39 is 11.4 Å². The summed E-state index contributed by atoms with van der Waals surface area (Å²) in [7, 11) is 0. The second kappa shape index (κ2) is 9.13. The Morgan fingerprint density at radius 3 is 2.66 bits per heavy atom. The van der Waals surface area contributed by atoms with Gasteiger partial charge in [0.1, 0.15) is 11.2 Å². The molecule has 2 aromatic rings. The molecule has 0 bridgehead atoms. The number of unbranched alkanes of at least 4 members (excludes halogenated alkanes) is 1. The van der Waals surface area contributed by atoms with Crippen LogP contribution in [0.2, 0.25) is 5.15 Å². The Balaban J connectivity index is 1.92. The van der Waals surface area contributed by atoms with Gasteiger partial charge in [-0.2, -0.15) is 0 Å². The molecule has 0 aromatic carbocycles. The lowest BCUT2D eigenvalue weighted by Crippen LogP contribution is -2.34. The van der Waals surface area contributed by atoms with Crippen LogP contribution in [0.25, 0.3) is 0 Å². The lowest BCUT2D eigenvalue weighted by atomic mass is 9.84. The van der Waals surface area contributed by atoms with Crippen molar-refractivity contribution in [1.29, 1.82) is 0 Å². The van der Waals surface area contributed by atoms with Crippen LogP contribution in [-0.2, 0) is 27.9 Å². The molecule has 2 aromatic heterocycles. The fourth-order valence-electron chi connectivity index (χ4n) is 3.63. The number of aromatic carboxylic acids is 1. The first kappa shape index (κ1) is 21.6. The van der Waals surface area contributed by atoms with E-state index in [2.05, 4.69) is 11.9 Å². The van der Waals surface area contributed by atoms with E-state index in [1.165, 1.54) is 11.3 Å². The zero-order valence-electron chi connectivity index (χ0n) is 16.6. The molecule has 0 saturated heterocycles. The first-order valence-electron chi connectivity index (χ1n) is 9.82. The summed E-state index contributed by atoms with van der Waals surface area (Å²) in [6.45, 7) is 4.58. The van der Waals surface area contributed by atoms with Crippen molar-refractivity contribution in [1.82, 2.24) is 9.55 Å². The van der Waals surface area contributed by atoms with Crippen LogP contribution in [0.4, 0.5) is 0 Å². The number of carbonyl (C=O) groups excluding carboxylic acids is 1. The summed E-state index contributed by atoms with van der Waals surface area (Å²) in [4.78, 5) is 30.6. The summed E-state index contributed by atoms with van der Waals surface area (Å²) in [5, 5.41) is 9.62. The molecule has 0 amide bonds. The normalized spacial score (nSPS) is 15.0. The van der Waals surface area contributed by atoms with Crippen LogP contribution in [0.3, 0.4) is 0 Å². The monoisotopic (exact) mass is 436 g/mol. The molecule has 0 radical (unpaired) electrons. The lowest BCUT2D eigenvalue weighted by Gasteiger charge is -2.25. The SMILES string of the molecule is CCCCc1nc(Cl)c(C(=O)O)n1Cc1ccc(C2(C(=O)OCC)CC=CC2)s1. The quantitative estimate of drug-likeness (QED) is 0.449. The maximum atomic E-state index is 12.7. The minimum Gasteiger partial charge on any atom is -0.476 e. The van der Waals surface area contributed by atoms with E-state index >= 15 is 0 Å². The van der Waals surface area contributed by atoms with Gasteiger partial charge in [-0.25, -0.2) is 9.78 Å². The van der Waals surface area contributed by atoms with E-state index in [1.54, 1.807) is 4.57 Å². The van der Waals surface area contributed by atoms with Gasteiger partial charge in [-0.3, -0.25) is 4.79 Å². The average molecular weight is 437 g/mol. The molecule has 29 heavy (non-hydrogen) atoms. The van der Waals surface area contributed by atoms with Crippen LogP contribution in [-0.4, -0.2) is 33.2 Å². The molecule has 0 atom stereocenters. The highest BCUT2D eigenvalue weighted by Crippen LogP contribution is 2.42. The van der Waals surface area contributed by atoms with Crippen LogP contribution in [0.5, 0.6) is 0 Å². The van der Waals surface area contributed by atoms with Gasteiger partial charge < -0.3 is 14.4 Å². The number of hydrogen-bond donors (Lipinski definition) is 1. The predicted molar refractivity (Wildman–Crippen MR) is 113 cm³/mol. The maximum Gasteiger partial charge on any atom is 0.355 e.